The molecule has 37 heavy (non-hydrogen) atoms. The molecule has 0 saturated heterocycles. The molecule has 2 N–H and O–H groups in total. The number of H-pyrrole nitrogens is 1. The van der Waals surface area contributed by atoms with Gasteiger partial charge < -0.3 is 15.0 Å². The molecule has 0 fully saturated rings. The van der Waals surface area contributed by atoms with E-state index in [0.29, 0.717) is 16.9 Å². The number of thiazole rings is 1. The number of rotatable bonds is 7. The van der Waals surface area contributed by atoms with Gasteiger partial charge in [0.1, 0.15) is 10.6 Å². The molecular formula is C27H24N4O3S3. The van der Waals surface area contributed by atoms with E-state index < -0.39 is 0 Å². The molecule has 1 amide bonds. The van der Waals surface area contributed by atoms with Crippen molar-refractivity contribution in [3.63, 3.8) is 0 Å². The third-order valence-electron chi connectivity index (χ3n) is 6.35. The standard InChI is InChI=1S/C27H24N4O3S3/c1-2-34-20-12-11-16(15-7-3-4-8-17(15)20)19-13-35-26(28-19)29-22(32)14-36-27-30-24(33)23-18-9-5-6-10-21(18)37-25(23)31-27/h3-4,7-8,11-13H,2,5-6,9-10,14H2,1H3,(H,28,29,32)(H,30,31,33). The first-order valence-electron chi connectivity index (χ1n) is 12.2. The summed E-state index contributed by atoms with van der Waals surface area (Å²) in [6, 6.07) is 12.0. The average molecular weight is 549 g/mol. The van der Waals surface area contributed by atoms with E-state index in [0.717, 1.165) is 69.2 Å². The van der Waals surface area contributed by atoms with Gasteiger partial charge in [0.05, 0.1) is 23.4 Å². The highest BCUT2D eigenvalue weighted by Crippen LogP contribution is 2.36. The second-order valence-corrected chi connectivity index (χ2v) is 11.6. The number of carbonyl (C=O) groups is 1. The molecule has 188 valence electrons. The van der Waals surface area contributed by atoms with Gasteiger partial charge in [-0.2, -0.15) is 0 Å². The van der Waals surface area contributed by atoms with E-state index in [9.17, 15) is 9.59 Å². The number of thiophene rings is 1. The smallest absolute Gasteiger partial charge is 0.260 e. The maximum Gasteiger partial charge on any atom is 0.260 e. The molecule has 0 aliphatic heterocycles. The fourth-order valence-corrected chi connectivity index (χ4v) is 7.44. The van der Waals surface area contributed by atoms with Crippen molar-refractivity contribution in [3.8, 4) is 17.0 Å². The van der Waals surface area contributed by atoms with Gasteiger partial charge in [-0.3, -0.25) is 9.59 Å². The zero-order valence-electron chi connectivity index (χ0n) is 20.1. The maximum absolute atomic E-state index is 12.7. The number of carbonyl (C=O) groups excluding carboxylic acids is 1. The van der Waals surface area contributed by atoms with Crippen LogP contribution in [-0.4, -0.2) is 33.2 Å². The number of anilines is 1. The SMILES string of the molecule is CCOc1ccc(-c2csc(NC(=O)CSc3nc4sc5c(c4c(=O)[nH]3)CCCC5)n2)c2ccccc12. The molecule has 0 bridgehead atoms. The number of ether oxygens (including phenoxy) is 1. The van der Waals surface area contributed by atoms with Crippen molar-refractivity contribution < 1.29 is 9.53 Å². The van der Waals surface area contributed by atoms with Crippen LogP contribution in [0.1, 0.15) is 30.2 Å². The molecule has 0 radical (unpaired) electrons. The van der Waals surface area contributed by atoms with Crippen LogP contribution in [0, 0.1) is 0 Å². The van der Waals surface area contributed by atoms with Crippen LogP contribution in [0.15, 0.2) is 51.7 Å². The largest absolute Gasteiger partial charge is 0.493 e. The van der Waals surface area contributed by atoms with E-state index in [4.69, 9.17) is 4.74 Å². The molecule has 6 rings (SSSR count). The van der Waals surface area contributed by atoms with Gasteiger partial charge in [0.2, 0.25) is 5.91 Å². The second-order valence-electron chi connectivity index (χ2n) is 8.73. The van der Waals surface area contributed by atoms with Crippen LogP contribution in [0.25, 0.3) is 32.2 Å². The third-order valence-corrected chi connectivity index (χ3v) is 9.17. The fourth-order valence-electron chi connectivity index (χ4n) is 4.73. The molecule has 1 aliphatic rings. The van der Waals surface area contributed by atoms with E-state index in [1.165, 1.54) is 28.0 Å². The average Bonchev–Trinajstić information content (AvgIpc) is 3.52. The van der Waals surface area contributed by atoms with E-state index in [1.807, 2.05) is 42.6 Å². The molecule has 1 aliphatic carbocycles. The number of nitrogens with zero attached hydrogens (tertiary/aromatic N) is 2. The minimum atomic E-state index is -0.198. The molecule has 2 aromatic carbocycles. The summed E-state index contributed by atoms with van der Waals surface area (Å²) in [6.07, 6.45) is 4.23. The lowest BCUT2D eigenvalue weighted by atomic mass is 9.97. The van der Waals surface area contributed by atoms with Crippen molar-refractivity contribution in [2.45, 2.75) is 37.8 Å². The van der Waals surface area contributed by atoms with E-state index in [1.54, 1.807) is 11.3 Å². The molecular weight excluding hydrogens is 525 g/mol. The van der Waals surface area contributed by atoms with Crippen molar-refractivity contribution in [2.24, 2.45) is 0 Å². The molecule has 10 heteroatoms. The van der Waals surface area contributed by atoms with Crippen LogP contribution in [0.4, 0.5) is 5.13 Å². The molecule has 0 unspecified atom stereocenters. The van der Waals surface area contributed by atoms with E-state index >= 15 is 0 Å². The molecule has 3 heterocycles. The maximum atomic E-state index is 12.7. The van der Waals surface area contributed by atoms with Crippen LogP contribution in [-0.2, 0) is 17.6 Å². The Morgan fingerprint density at radius 3 is 2.84 bits per heavy atom. The Labute approximate surface area is 225 Å². The molecule has 7 nitrogen and oxygen atoms in total. The number of hydrogen-bond acceptors (Lipinski definition) is 8. The van der Waals surface area contributed by atoms with Gasteiger partial charge in [-0.1, -0.05) is 36.0 Å². The number of aromatic amines is 1. The lowest BCUT2D eigenvalue weighted by molar-refractivity contribution is -0.113. The quantitative estimate of drug-likeness (QED) is 0.184. The number of fused-ring (bicyclic) bond motifs is 4. The van der Waals surface area contributed by atoms with Gasteiger partial charge in [0.25, 0.3) is 5.56 Å². The minimum Gasteiger partial charge on any atom is -0.493 e. The number of benzene rings is 2. The van der Waals surface area contributed by atoms with Crippen molar-refractivity contribution in [1.82, 2.24) is 15.0 Å². The first-order valence-corrected chi connectivity index (χ1v) is 14.9. The summed E-state index contributed by atoms with van der Waals surface area (Å²) in [6.45, 7) is 2.57. The van der Waals surface area contributed by atoms with Crippen molar-refractivity contribution in [3.05, 3.63) is 62.6 Å². The van der Waals surface area contributed by atoms with Crippen LogP contribution in [0.3, 0.4) is 0 Å². The number of aryl methyl sites for hydroxylation is 2. The van der Waals surface area contributed by atoms with Crippen LogP contribution in [0.2, 0.25) is 0 Å². The highest BCUT2D eigenvalue weighted by molar-refractivity contribution is 7.99. The highest BCUT2D eigenvalue weighted by Gasteiger charge is 2.20. The molecule has 0 spiro atoms. The van der Waals surface area contributed by atoms with Crippen molar-refractivity contribution in [2.75, 3.05) is 17.7 Å². The lowest BCUT2D eigenvalue weighted by Crippen LogP contribution is -2.15. The predicted molar refractivity (Wildman–Crippen MR) is 152 cm³/mol. The van der Waals surface area contributed by atoms with Gasteiger partial charge in [0, 0.05) is 21.2 Å². The Balaban J connectivity index is 1.16. The zero-order valence-corrected chi connectivity index (χ0v) is 22.6. The third kappa shape index (κ3) is 4.76. The summed E-state index contributed by atoms with van der Waals surface area (Å²) in [5, 5.41) is 8.62. The number of aromatic nitrogens is 3. The number of thioether (sulfide) groups is 1. The summed E-state index contributed by atoms with van der Waals surface area (Å²) in [5.74, 6) is 0.770. The van der Waals surface area contributed by atoms with Gasteiger partial charge in [-0.05, 0) is 55.7 Å². The van der Waals surface area contributed by atoms with Crippen molar-refractivity contribution in [1.29, 1.82) is 0 Å². The Morgan fingerprint density at radius 1 is 1.14 bits per heavy atom. The monoisotopic (exact) mass is 548 g/mol. The Hall–Kier alpha value is -3.21. The Morgan fingerprint density at radius 2 is 1.97 bits per heavy atom. The minimum absolute atomic E-state index is 0.112. The summed E-state index contributed by atoms with van der Waals surface area (Å²) < 4.78 is 5.78. The van der Waals surface area contributed by atoms with E-state index in [-0.39, 0.29) is 17.2 Å². The van der Waals surface area contributed by atoms with Gasteiger partial charge in [-0.25, -0.2) is 9.97 Å². The normalized spacial score (nSPS) is 13.1. The summed E-state index contributed by atoms with van der Waals surface area (Å²) in [7, 11) is 0. The number of amides is 1. The lowest BCUT2D eigenvalue weighted by Gasteiger charge is -2.10. The molecule has 0 atom stereocenters. The predicted octanol–water partition coefficient (Wildman–Crippen LogP) is 6.27. The summed E-state index contributed by atoms with van der Waals surface area (Å²) >= 11 is 4.22. The number of nitrogens with one attached hydrogen (secondary N) is 2. The number of hydrogen-bond donors (Lipinski definition) is 2. The summed E-state index contributed by atoms with van der Waals surface area (Å²) in [4.78, 5) is 39.6. The van der Waals surface area contributed by atoms with Crippen LogP contribution >= 0.6 is 34.4 Å². The first-order chi connectivity index (χ1) is 18.1. The Bertz CT molecular complexity index is 1690. The first kappa shape index (κ1) is 24.1. The molecule has 0 saturated carbocycles. The fraction of sp³-hybridized carbons (Fsp3) is 0.259. The van der Waals surface area contributed by atoms with Gasteiger partial charge >= 0.3 is 0 Å². The van der Waals surface area contributed by atoms with Crippen LogP contribution in [0.5, 0.6) is 5.75 Å². The van der Waals surface area contributed by atoms with Crippen molar-refractivity contribution >= 4 is 66.5 Å². The molecule has 5 aromatic rings. The Kier molecular flexibility index (Phi) is 6.71. The van der Waals surface area contributed by atoms with Gasteiger partial charge in [0.15, 0.2) is 10.3 Å². The second kappa shape index (κ2) is 10.3. The van der Waals surface area contributed by atoms with Gasteiger partial charge in [-0.15, -0.1) is 22.7 Å². The zero-order chi connectivity index (χ0) is 25.4. The van der Waals surface area contributed by atoms with Crippen LogP contribution < -0.4 is 15.6 Å². The van der Waals surface area contributed by atoms with E-state index in [2.05, 4.69) is 26.3 Å². The topological polar surface area (TPSA) is 97.0 Å². The molecule has 3 aromatic heterocycles. The highest BCUT2D eigenvalue weighted by atomic mass is 32.2. The summed E-state index contributed by atoms with van der Waals surface area (Å²) in [5.41, 5.74) is 2.83.